The van der Waals surface area contributed by atoms with Crippen molar-refractivity contribution in [2.24, 2.45) is 10.9 Å². The molecule has 0 aromatic heterocycles. The zero-order chi connectivity index (χ0) is 16.4. The van der Waals surface area contributed by atoms with E-state index < -0.39 is 24.2 Å². The molecule has 3 N–H and O–H groups in total. The van der Waals surface area contributed by atoms with Gasteiger partial charge in [0, 0.05) is 12.1 Å². The second-order valence-corrected chi connectivity index (χ2v) is 5.71. The van der Waals surface area contributed by atoms with Gasteiger partial charge >= 0.3 is 5.97 Å². The molecule has 0 bridgehead atoms. The second kappa shape index (κ2) is 6.37. The largest absolute Gasteiger partial charge is 0.480 e. The van der Waals surface area contributed by atoms with Crippen LogP contribution in [-0.4, -0.2) is 62.6 Å². The van der Waals surface area contributed by atoms with Crippen molar-refractivity contribution in [3.05, 3.63) is 30.3 Å². The minimum atomic E-state index is -1.06. The molecule has 0 spiro atoms. The van der Waals surface area contributed by atoms with Crippen LogP contribution in [0.1, 0.15) is 13.8 Å². The maximum atomic E-state index is 11.2. The average Bonchev–Trinajstić information content (AvgIpc) is 2.47. The highest BCUT2D eigenvalue weighted by atomic mass is 16.4. The number of hydrogen-bond acceptors (Lipinski definition) is 4. The zero-order valence-electron chi connectivity index (χ0n) is 12.8. The summed E-state index contributed by atoms with van der Waals surface area (Å²) in [6.07, 6.45) is -2.11. The van der Waals surface area contributed by atoms with E-state index in [0.717, 1.165) is 5.69 Å². The van der Waals surface area contributed by atoms with E-state index in [2.05, 4.69) is 4.99 Å². The first-order chi connectivity index (χ1) is 10.3. The summed E-state index contributed by atoms with van der Waals surface area (Å²) in [5.41, 5.74) is 1.34. The lowest BCUT2D eigenvalue weighted by Gasteiger charge is -2.30. The molecule has 118 valence electrons. The Morgan fingerprint density at radius 1 is 1.18 bits per heavy atom. The van der Waals surface area contributed by atoms with Crippen molar-refractivity contribution in [3.63, 3.8) is 0 Å². The molecule has 0 aliphatic heterocycles. The summed E-state index contributed by atoms with van der Waals surface area (Å²) < 4.78 is 1.69. The normalized spacial score (nSPS) is 22.3. The summed E-state index contributed by atoms with van der Waals surface area (Å²) >= 11 is 0. The molecule has 0 amide bonds. The minimum Gasteiger partial charge on any atom is -0.480 e. The van der Waals surface area contributed by atoms with Gasteiger partial charge < -0.3 is 15.3 Å². The van der Waals surface area contributed by atoms with E-state index in [1.165, 1.54) is 0 Å². The Balaban J connectivity index is 2.31. The molecule has 3 atom stereocenters. The number of aliphatic hydroxyl groups is 2. The SMILES string of the molecule is CC(C)[C@H](N=C1C(O)C(=[N+](C)c2ccccc2)C1O)C(=O)O. The second-order valence-electron chi connectivity index (χ2n) is 5.71. The lowest BCUT2D eigenvalue weighted by molar-refractivity contribution is -0.412. The molecule has 1 fully saturated rings. The summed E-state index contributed by atoms with van der Waals surface area (Å²) in [4.78, 5) is 15.2. The van der Waals surface area contributed by atoms with Crippen molar-refractivity contribution in [2.45, 2.75) is 32.1 Å². The molecule has 0 heterocycles. The number of aliphatic hydroxyl groups excluding tert-OH is 2. The van der Waals surface area contributed by atoms with E-state index in [1.807, 2.05) is 30.3 Å². The first-order valence-corrected chi connectivity index (χ1v) is 7.16. The van der Waals surface area contributed by atoms with Gasteiger partial charge in [-0.1, -0.05) is 32.0 Å². The van der Waals surface area contributed by atoms with Crippen LogP contribution in [0.2, 0.25) is 0 Å². The number of carbonyl (C=O) groups is 1. The highest BCUT2D eigenvalue weighted by molar-refractivity contribution is 6.31. The van der Waals surface area contributed by atoms with Crippen LogP contribution in [0.5, 0.6) is 0 Å². The number of benzene rings is 1. The summed E-state index contributed by atoms with van der Waals surface area (Å²) in [6.45, 7) is 3.47. The Labute approximate surface area is 129 Å². The van der Waals surface area contributed by atoms with Gasteiger partial charge in [0.1, 0.15) is 13.1 Å². The summed E-state index contributed by atoms with van der Waals surface area (Å²) in [7, 11) is 1.74. The maximum Gasteiger partial charge on any atom is 0.328 e. The fourth-order valence-corrected chi connectivity index (χ4v) is 2.46. The highest BCUT2D eigenvalue weighted by Crippen LogP contribution is 2.21. The molecule has 0 saturated heterocycles. The molecule has 1 aromatic carbocycles. The number of para-hydroxylation sites is 1. The number of aliphatic imine (C=N–C) groups is 1. The van der Waals surface area contributed by atoms with Gasteiger partial charge in [-0.15, -0.1) is 0 Å². The fraction of sp³-hybridized carbons (Fsp3) is 0.438. The standard InChI is InChI=1S/C16H20N2O4/c1-9(2)11(16(21)22)17-12-14(19)13(15(12)20)18(3)10-7-5-4-6-8-10/h4-9,11,14-15,19-20H,1-3H3/p+1/t11-,14?,15?/m0/s1. The van der Waals surface area contributed by atoms with Crippen molar-refractivity contribution in [1.29, 1.82) is 0 Å². The van der Waals surface area contributed by atoms with Gasteiger partial charge in [0.15, 0.2) is 12.2 Å². The molecule has 1 saturated carbocycles. The maximum absolute atomic E-state index is 11.2. The van der Waals surface area contributed by atoms with Crippen molar-refractivity contribution in [1.82, 2.24) is 0 Å². The van der Waals surface area contributed by atoms with E-state index in [-0.39, 0.29) is 11.6 Å². The van der Waals surface area contributed by atoms with Gasteiger partial charge in [-0.2, -0.15) is 4.58 Å². The van der Waals surface area contributed by atoms with E-state index in [4.69, 9.17) is 5.11 Å². The minimum absolute atomic E-state index is 0.110. The Morgan fingerprint density at radius 3 is 2.18 bits per heavy atom. The molecule has 1 aliphatic rings. The average molecular weight is 305 g/mol. The first-order valence-electron chi connectivity index (χ1n) is 7.16. The first kappa shape index (κ1) is 16.3. The number of hydrogen-bond donors (Lipinski definition) is 3. The Hall–Kier alpha value is -2.05. The third kappa shape index (κ3) is 2.93. The number of carboxylic acid groups (broad SMARTS) is 1. The van der Waals surface area contributed by atoms with E-state index in [1.54, 1.807) is 25.5 Å². The van der Waals surface area contributed by atoms with E-state index in [9.17, 15) is 15.0 Å². The van der Waals surface area contributed by atoms with Gasteiger partial charge in [0.05, 0.1) is 5.71 Å². The topological polar surface area (TPSA) is 93.1 Å². The molecular weight excluding hydrogens is 284 g/mol. The van der Waals surface area contributed by atoms with Crippen molar-refractivity contribution < 1.29 is 24.7 Å². The van der Waals surface area contributed by atoms with Crippen LogP contribution in [0, 0.1) is 5.92 Å². The molecule has 2 unspecified atom stereocenters. The van der Waals surface area contributed by atoms with Crippen molar-refractivity contribution in [3.8, 4) is 0 Å². The molecule has 6 nitrogen and oxygen atoms in total. The monoisotopic (exact) mass is 305 g/mol. The Bertz CT molecular complexity index is 608. The van der Waals surface area contributed by atoms with Crippen LogP contribution in [-0.2, 0) is 4.79 Å². The lowest BCUT2D eigenvalue weighted by atomic mass is 9.85. The van der Waals surface area contributed by atoms with Gasteiger partial charge in [-0.25, -0.2) is 4.79 Å². The summed E-state index contributed by atoms with van der Waals surface area (Å²) in [5, 5.41) is 29.6. The lowest BCUT2D eigenvalue weighted by Crippen LogP contribution is -2.60. The summed E-state index contributed by atoms with van der Waals surface area (Å²) in [6, 6.07) is 8.34. The predicted molar refractivity (Wildman–Crippen MR) is 83.0 cm³/mol. The fourth-order valence-electron chi connectivity index (χ4n) is 2.46. The third-order valence-corrected chi connectivity index (χ3v) is 3.82. The number of nitrogens with zero attached hydrogens (tertiary/aromatic N) is 2. The molecule has 2 rings (SSSR count). The number of carboxylic acids is 1. The predicted octanol–water partition coefficient (Wildman–Crippen LogP) is 0.687. The smallest absolute Gasteiger partial charge is 0.328 e. The van der Waals surface area contributed by atoms with Crippen LogP contribution in [0.4, 0.5) is 5.69 Å². The molecule has 0 radical (unpaired) electrons. The molecule has 6 heteroatoms. The van der Waals surface area contributed by atoms with Crippen molar-refractivity contribution >= 4 is 23.1 Å². The summed E-state index contributed by atoms with van der Waals surface area (Å²) in [5.74, 6) is -1.29. The molecule has 22 heavy (non-hydrogen) atoms. The van der Waals surface area contributed by atoms with E-state index >= 15 is 0 Å². The Morgan fingerprint density at radius 2 is 1.73 bits per heavy atom. The van der Waals surface area contributed by atoms with Crippen LogP contribution < -0.4 is 0 Å². The molecule has 1 aromatic rings. The van der Waals surface area contributed by atoms with Crippen LogP contribution >= 0.6 is 0 Å². The Kier molecular flexibility index (Phi) is 4.73. The van der Waals surface area contributed by atoms with Crippen molar-refractivity contribution in [2.75, 3.05) is 7.05 Å². The van der Waals surface area contributed by atoms with Gasteiger partial charge in [-0.05, 0) is 5.92 Å². The molecule has 1 aliphatic carbocycles. The van der Waals surface area contributed by atoms with Gasteiger partial charge in [0.25, 0.3) is 0 Å². The van der Waals surface area contributed by atoms with Crippen LogP contribution in [0.3, 0.4) is 0 Å². The van der Waals surface area contributed by atoms with Crippen LogP contribution in [0.15, 0.2) is 35.3 Å². The third-order valence-electron chi connectivity index (χ3n) is 3.82. The van der Waals surface area contributed by atoms with Crippen LogP contribution in [0.25, 0.3) is 0 Å². The zero-order valence-corrected chi connectivity index (χ0v) is 12.8. The molecular formula is C16H21N2O4+. The number of rotatable bonds is 4. The quantitative estimate of drug-likeness (QED) is 0.713. The van der Waals surface area contributed by atoms with Gasteiger partial charge in [0.2, 0.25) is 11.4 Å². The van der Waals surface area contributed by atoms with E-state index in [0.29, 0.717) is 5.71 Å². The van der Waals surface area contributed by atoms with Gasteiger partial charge in [-0.3, -0.25) is 4.99 Å². The number of aliphatic carboxylic acids is 1. The highest BCUT2D eigenvalue weighted by Gasteiger charge is 2.49.